The Kier molecular flexibility index (Phi) is 5.06. The van der Waals surface area contributed by atoms with Gasteiger partial charge >= 0.3 is 9.15 Å². The summed E-state index contributed by atoms with van der Waals surface area (Å²) in [4.78, 5) is 0. The van der Waals surface area contributed by atoms with Crippen LogP contribution in [0.3, 0.4) is 0 Å². The van der Waals surface area contributed by atoms with Crippen LogP contribution in [-0.4, -0.2) is 25.3 Å². The largest absolute Gasteiger partial charge is 0.330 e. The van der Waals surface area contributed by atoms with Gasteiger partial charge in [0.1, 0.15) is 0 Å². The first-order valence-electron chi connectivity index (χ1n) is 2.88. The summed E-state index contributed by atoms with van der Waals surface area (Å²) in [6, 6.07) is 0. The van der Waals surface area contributed by atoms with Crippen molar-refractivity contribution < 1.29 is 13.0 Å². The Morgan fingerprint density at radius 1 is 1.40 bits per heavy atom. The van der Waals surface area contributed by atoms with Crippen LogP contribution < -0.4 is 5.73 Å². The molecule has 0 unspecified atom stereocenters. The maximum Gasteiger partial charge on any atom is 0.319 e. The second-order valence-corrected chi connectivity index (χ2v) is 5.22. The first kappa shape index (κ1) is 10.2. The van der Waals surface area contributed by atoms with E-state index in [-0.39, 0.29) is 0 Å². The van der Waals surface area contributed by atoms with Gasteiger partial charge in [-0.25, -0.2) is 0 Å². The first-order chi connectivity index (χ1) is 4.56. The normalized spacial score (nSPS) is 11.8. The summed E-state index contributed by atoms with van der Waals surface area (Å²) in [5.41, 5.74) is 5.16. The summed E-state index contributed by atoms with van der Waals surface area (Å²) in [5.74, 6) is 0.413. The zero-order valence-corrected chi connectivity index (χ0v) is 7.12. The molecule has 0 saturated heterocycles. The highest BCUT2D eigenvalue weighted by molar-refractivity contribution is 8.69. The average molecular weight is 185 g/mol. The van der Waals surface area contributed by atoms with Crippen molar-refractivity contribution in [2.45, 2.75) is 12.8 Å². The summed E-state index contributed by atoms with van der Waals surface area (Å²) in [6.45, 7) is 0.562. The molecule has 0 spiro atoms. The molecule has 0 aromatic carbocycles. The maximum atomic E-state index is 10.1. The Balaban J connectivity index is 3.21. The number of hydrogen-bond acceptors (Lipinski definition) is 4. The quantitative estimate of drug-likeness (QED) is 0.365. The predicted molar refractivity (Wildman–Crippen MR) is 42.3 cm³/mol. The SMILES string of the molecule is NCCCCSS(=O)(=O)O. The van der Waals surface area contributed by atoms with Crippen LogP contribution >= 0.6 is 10.8 Å². The van der Waals surface area contributed by atoms with Gasteiger partial charge in [0.25, 0.3) is 0 Å². The van der Waals surface area contributed by atoms with Gasteiger partial charge in [0, 0.05) is 5.75 Å². The third-order valence-electron chi connectivity index (χ3n) is 0.831. The standard InChI is InChI=1S/C4H11NO3S2/c5-3-1-2-4-9-10(6,7)8/h1-5H2,(H,6,7,8). The minimum atomic E-state index is -3.83. The second kappa shape index (κ2) is 4.95. The Bertz CT molecular complexity index is 165. The Morgan fingerprint density at radius 2 is 2.00 bits per heavy atom. The van der Waals surface area contributed by atoms with Crippen molar-refractivity contribution in [3.63, 3.8) is 0 Å². The van der Waals surface area contributed by atoms with Crippen molar-refractivity contribution in [1.29, 1.82) is 0 Å². The van der Waals surface area contributed by atoms with Crippen LogP contribution in [-0.2, 0) is 9.15 Å². The lowest BCUT2D eigenvalue weighted by molar-refractivity contribution is 0.503. The third-order valence-corrected chi connectivity index (χ3v) is 2.98. The molecule has 0 bridgehead atoms. The van der Waals surface area contributed by atoms with E-state index in [1.165, 1.54) is 0 Å². The first-order valence-corrected chi connectivity index (χ1v) is 5.82. The molecule has 0 aliphatic carbocycles. The van der Waals surface area contributed by atoms with Gasteiger partial charge in [-0.3, -0.25) is 4.55 Å². The van der Waals surface area contributed by atoms with Gasteiger partial charge in [-0.1, -0.05) is 0 Å². The molecule has 62 valence electrons. The van der Waals surface area contributed by atoms with E-state index in [9.17, 15) is 8.42 Å². The van der Waals surface area contributed by atoms with Gasteiger partial charge in [0.05, 0.1) is 0 Å². The topological polar surface area (TPSA) is 80.4 Å². The van der Waals surface area contributed by atoms with Crippen molar-refractivity contribution in [2.24, 2.45) is 5.73 Å². The third kappa shape index (κ3) is 8.22. The van der Waals surface area contributed by atoms with Crippen molar-refractivity contribution in [2.75, 3.05) is 12.3 Å². The molecule has 0 aliphatic heterocycles. The summed E-state index contributed by atoms with van der Waals surface area (Å²) >= 11 is 0. The van der Waals surface area contributed by atoms with Crippen LogP contribution in [0.4, 0.5) is 0 Å². The van der Waals surface area contributed by atoms with Crippen LogP contribution in [0, 0.1) is 0 Å². The van der Waals surface area contributed by atoms with Crippen LogP contribution in [0.15, 0.2) is 0 Å². The highest BCUT2D eigenvalue weighted by Crippen LogP contribution is 2.10. The van der Waals surface area contributed by atoms with Crippen LogP contribution in [0.1, 0.15) is 12.8 Å². The lowest BCUT2D eigenvalue weighted by atomic mass is 10.3. The fourth-order valence-electron chi connectivity index (χ4n) is 0.411. The Hall–Kier alpha value is 0.220. The molecule has 4 nitrogen and oxygen atoms in total. The molecule has 0 aliphatic rings. The minimum absolute atomic E-state index is 0.413. The summed E-state index contributed by atoms with van der Waals surface area (Å²) in [7, 11) is -3.28. The van der Waals surface area contributed by atoms with Crippen molar-refractivity contribution in [3.05, 3.63) is 0 Å². The molecule has 6 heteroatoms. The molecular formula is C4H11NO3S2. The molecule has 3 N–H and O–H groups in total. The zero-order valence-electron chi connectivity index (χ0n) is 5.49. The van der Waals surface area contributed by atoms with Crippen LogP contribution in [0.25, 0.3) is 0 Å². The Morgan fingerprint density at radius 3 is 2.40 bits per heavy atom. The van der Waals surface area contributed by atoms with Gasteiger partial charge in [0.15, 0.2) is 0 Å². The molecule has 0 fully saturated rings. The lowest BCUT2D eigenvalue weighted by Gasteiger charge is -1.94. The van der Waals surface area contributed by atoms with Crippen LogP contribution in [0.5, 0.6) is 0 Å². The maximum absolute atomic E-state index is 10.1. The molecule has 0 radical (unpaired) electrons. The predicted octanol–water partition coefficient (Wildman–Crippen LogP) is 0.261. The second-order valence-electron chi connectivity index (χ2n) is 1.75. The zero-order chi connectivity index (χ0) is 8.04. The number of rotatable bonds is 5. The van der Waals surface area contributed by atoms with Gasteiger partial charge in [-0.2, -0.15) is 8.42 Å². The highest BCUT2D eigenvalue weighted by Gasteiger charge is 2.02. The van der Waals surface area contributed by atoms with E-state index in [4.69, 9.17) is 10.3 Å². The highest BCUT2D eigenvalue weighted by atomic mass is 33.1. The van der Waals surface area contributed by atoms with E-state index in [0.29, 0.717) is 23.1 Å². The van der Waals surface area contributed by atoms with Crippen molar-refractivity contribution in [3.8, 4) is 0 Å². The summed E-state index contributed by atoms with van der Waals surface area (Å²) < 4.78 is 28.4. The molecule has 0 aromatic rings. The molecule has 0 rings (SSSR count). The fraction of sp³-hybridized carbons (Fsp3) is 1.00. The molecule has 10 heavy (non-hydrogen) atoms. The average Bonchev–Trinajstić information content (AvgIpc) is 1.78. The van der Waals surface area contributed by atoms with E-state index in [1.54, 1.807) is 0 Å². The Labute approximate surface area is 64.3 Å². The minimum Gasteiger partial charge on any atom is -0.330 e. The van der Waals surface area contributed by atoms with E-state index >= 15 is 0 Å². The van der Waals surface area contributed by atoms with Gasteiger partial charge < -0.3 is 5.73 Å². The number of nitrogens with two attached hydrogens (primary N) is 1. The van der Waals surface area contributed by atoms with Crippen molar-refractivity contribution in [1.82, 2.24) is 0 Å². The monoisotopic (exact) mass is 185 g/mol. The smallest absolute Gasteiger partial charge is 0.319 e. The van der Waals surface area contributed by atoms with E-state index in [0.717, 1.165) is 12.8 Å². The molecule has 0 aromatic heterocycles. The van der Waals surface area contributed by atoms with E-state index in [2.05, 4.69) is 0 Å². The van der Waals surface area contributed by atoms with Crippen molar-refractivity contribution >= 4 is 19.9 Å². The molecular weight excluding hydrogens is 174 g/mol. The number of unbranched alkanes of at least 4 members (excludes halogenated alkanes) is 1. The summed E-state index contributed by atoms with van der Waals surface area (Å²) in [6.07, 6.45) is 1.52. The molecule has 0 saturated carbocycles. The fourth-order valence-corrected chi connectivity index (χ4v) is 1.93. The molecule has 0 atom stereocenters. The van der Waals surface area contributed by atoms with Gasteiger partial charge in [0.2, 0.25) is 0 Å². The van der Waals surface area contributed by atoms with E-state index < -0.39 is 9.15 Å². The van der Waals surface area contributed by atoms with Gasteiger partial charge in [-0.15, -0.1) is 0 Å². The van der Waals surface area contributed by atoms with E-state index in [1.807, 2.05) is 0 Å². The molecule has 0 amide bonds. The summed E-state index contributed by atoms with van der Waals surface area (Å²) in [5, 5.41) is 0. The molecule has 0 heterocycles. The lowest BCUT2D eigenvalue weighted by Crippen LogP contribution is -1.99. The van der Waals surface area contributed by atoms with Gasteiger partial charge in [-0.05, 0) is 30.2 Å². The van der Waals surface area contributed by atoms with Crippen LogP contribution in [0.2, 0.25) is 0 Å². The number of hydrogen-bond donors (Lipinski definition) is 2.